The van der Waals surface area contributed by atoms with Crippen LogP contribution in [0.2, 0.25) is 0 Å². The van der Waals surface area contributed by atoms with Crippen molar-refractivity contribution < 1.29 is 14.6 Å². The molecule has 0 saturated carbocycles. The molecule has 0 bridgehead atoms. The average Bonchev–Trinajstić information content (AvgIpc) is 2.73. The Labute approximate surface area is 195 Å². The predicted octanol–water partition coefficient (Wildman–Crippen LogP) is 9.86. The Balaban J connectivity index is 3.12. The molecule has 0 radical (unpaired) electrons. The number of carbonyl (C=O) groups excluding carboxylic acids is 1. The predicted molar refractivity (Wildman–Crippen MR) is 134 cm³/mol. The molecule has 0 saturated heterocycles. The summed E-state index contributed by atoms with van der Waals surface area (Å²) in [5, 5.41) is 0. The van der Waals surface area contributed by atoms with Crippen LogP contribution in [0.3, 0.4) is 0 Å². The maximum atomic E-state index is 11.5. The lowest BCUT2D eigenvalue weighted by Crippen LogP contribution is -2.21. The van der Waals surface area contributed by atoms with Crippen LogP contribution in [0.4, 0.5) is 0 Å². The third-order valence-electron chi connectivity index (χ3n) is 5.87. The Morgan fingerprint density at radius 2 is 0.806 bits per heavy atom. The molecule has 0 fully saturated rings. The van der Waals surface area contributed by atoms with E-state index in [1.54, 1.807) is 0 Å². The van der Waals surface area contributed by atoms with E-state index in [2.05, 4.69) is 6.92 Å². The van der Waals surface area contributed by atoms with Crippen molar-refractivity contribution in [2.75, 3.05) is 0 Å². The lowest BCUT2D eigenvalue weighted by atomic mass is 10.0. The first-order valence-corrected chi connectivity index (χ1v) is 13.8. The first-order chi connectivity index (χ1) is 15.0. The van der Waals surface area contributed by atoms with Crippen LogP contribution in [0.5, 0.6) is 0 Å². The third kappa shape index (κ3) is 27.4. The topological polar surface area (TPSA) is 35.5 Å². The van der Waals surface area contributed by atoms with E-state index in [0.29, 0.717) is 6.42 Å². The second-order valence-corrected chi connectivity index (χ2v) is 10.5. The number of carbonyl (C=O) groups is 1. The number of hydrogen-bond acceptors (Lipinski definition) is 3. The van der Waals surface area contributed by atoms with Gasteiger partial charge in [0.1, 0.15) is 5.60 Å². The van der Waals surface area contributed by atoms with Gasteiger partial charge in [0.25, 0.3) is 0 Å². The summed E-state index contributed by atoms with van der Waals surface area (Å²) in [5.41, 5.74) is -0.428. The van der Waals surface area contributed by atoms with Crippen LogP contribution < -0.4 is 0 Å². The largest absolute Gasteiger partial charge is 0.342 e. The molecular formula is C28H56O3. The van der Waals surface area contributed by atoms with Gasteiger partial charge in [0.15, 0.2) is 0 Å². The third-order valence-corrected chi connectivity index (χ3v) is 5.87. The highest BCUT2D eigenvalue weighted by atomic mass is 17.2. The monoisotopic (exact) mass is 440 g/mol. The van der Waals surface area contributed by atoms with Crippen LogP contribution in [-0.4, -0.2) is 11.6 Å². The second-order valence-electron chi connectivity index (χ2n) is 10.5. The smallest absolute Gasteiger partial charge is 0.298 e. The summed E-state index contributed by atoms with van der Waals surface area (Å²) in [5.74, 6) is -0.243. The van der Waals surface area contributed by atoms with E-state index < -0.39 is 5.60 Å². The molecule has 3 nitrogen and oxygen atoms in total. The zero-order chi connectivity index (χ0) is 23.0. The number of unbranched alkanes of at least 4 members (excludes halogenated alkanes) is 20. The fourth-order valence-electron chi connectivity index (χ4n) is 3.91. The molecule has 0 amide bonds. The SMILES string of the molecule is CCCCCCCCCCCCCCCCCCCCCCCC(=O)OOC(C)(C)C. The Morgan fingerprint density at radius 3 is 1.10 bits per heavy atom. The van der Waals surface area contributed by atoms with Gasteiger partial charge < -0.3 is 0 Å². The second kappa shape index (κ2) is 22.6. The van der Waals surface area contributed by atoms with Gasteiger partial charge in [0.2, 0.25) is 0 Å². The summed E-state index contributed by atoms with van der Waals surface area (Å²) in [7, 11) is 0. The summed E-state index contributed by atoms with van der Waals surface area (Å²) in [6, 6.07) is 0. The van der Waals surface area contributed by atoms with E-state index in [0.717, 1.165) is 12.8 Å². The number of rotatable bonds is 23. The quantitative estimate of drug-likeness (QED) is 0.0900. The van der Waals surface area contributed by atoms with Crippen LogP contribution in [0.25, 0.3) is 0 Å². The van der Waals surface area contributed by atoms with Crippen molar-refractivity contribution >= 4 is 5.97 Å². The lowest BCUT2D eigenvalue weighted by Gasteiger charge is -2.16. The molecule has 186 valence electrons. The molecule has 0 aliphatic carbocycles. The van der Waals surface area contributed by atoms with Crippen molar-refractivity contribution in [3.63, 3.8) is 0 Å². The van der Waals surface area contributed by atoms with Crippen molar-refractivity contribution in [2.24, 2.45) is 0 Å². The number of hydrogen-bond donors (Lipinski definition) is 0. The minimum atomic E-state index is -0.428. The van der Waals surface area contributed by atoms with Crippen molar-refractivity contribution in [1.29, 1.82) is 0 Å². The van der Waals surface area contributed by atoms with Gasteiger partial charge in [-0.2, -0.15) is 4.89 Å². The zero-order valence-corrected chi connectivity index (χ0v) is 21.8. The van der Waals surface area contributed by atoms with E-state index in [4.69, 9.17) is 9.78 Å². The van der Waals surface area contributed by atoms with Gasteiger partial charge in [-0.05, 0) is 27.2 Å². The van der Waals surface area contributed by atoms with E-state index in [1.165, 1.54) is 122 Å². The van der Waals surface area contributed by atoms with E-state index >= 15 is 0 Å². The van der Waals surface area contributed by atoms with Gasteiger partial charge >= 0.3 is 5.97 Å². The van der Waals surface area contributed by atoms with Crippen LogP contribution in [0, 0.1) is 0 Å². The Kier molecular flexibility index (Phi) is 22.2. The maximum absolute atomic E-state index is 11.5. The van der Waals surface area contributed by atoms with Gasteiger partial charge in [-0.15, -0.1) is 0 Å². The molecule has 0 aromatic carbocycles. The van der Waals surface area contributed by atoms with Gasteiger partial charge in [0.05, 0.1) is 0 Å². The van der Waals surface area contributed by atoms with Gasteiger partial charge in [-0.3, -0.25) is 4.89 Å². The molecular weight excluding hydrogens is 384 g/mol. The molecule has 0 aromatic rings. The molecule has 0 aromatic heterocycles. The van der Waals surface area contributed by atoms with Crippen LogP contribution in [0.1, 0.15) is 169 Å². The molecule has 0 N–H and O–H groups in total. The first-order valence-electron chi connectivity index (χ1n) is 13.8. The summed E-state index contributed by atoms with van der Waals surface area (Å²) in [6.07, 6.45) is 29.3. The van der Waals surface area contributed by atoms with Gasteiger partial charge in [-0.25, -0.2) is 4.79 Å². The van der Waals surface area contributed by atoms with Crippen molar-refractivity contribution in [3.8, 4) is 0 Å². The molecule has 0 atom stereocenters. The maximum Gasteiger partial charge on any atom is 0.342 e. The van der Waals surface area contributed by atoms with Crippen LogP contribution in [-0.2, 0) is 14.6 Å². The molecule has 0 rings (SSSR count). The summed E-state index contributed by atoms with van der Waals surface area (Å²) in [6.45, 7) is 7.91. The minimum absolute atomic E-state index is 0.243. The Bertz CT molecular complexity index is 373. The molecule has 0 spiro atoms. The van der Waals surface area contributed by atoms with Gasteiger partial charge in [-0.1, -0.05) is 135 Å². The first kappa shape index (κ1) is 30.4. The van der Waals surface area contributed by atoms with E-state index in [1.807, 2.05) is 20.8 Å². The minimum Gasteiger partial charge on any atom is -0.298 e. The Hall–Kier alpha value is -0.570. The summed E-state index contributed by atoms with van der Waals surface area (Å²) in [4.78, 5) is 21.4. The summed E-state index contributed by atoms with van der Waals surface area (Å²) >= 11 is 0. The highest BCUT2D eigenvalue weighted by Crippen LogP contribution is 2.15. The van der Waals surface area contributed by atoms with Crippen molar-refractivity contribution in [3.05, 3.63) is 0 Å². The van der Waals surface area contributed by atoms with E-state index in [-0.39, 0.29) is 5.97 Å². The molecule has 0 heterocycles. The van der Waals surface area contributed by atoms with Crippen LogP contribution >= 0.6 is 0 Å². The molecule has 3 heteroatoms. The fraction of sp³-hybridized carbons (Fsp3) is 0.964. The highest BCUT2D eigenvalue weighted by Gasteiger charge is 2.14. The Morgan fingerprint density at radius 1 is 0.516 bits per heavy atom. The normalized spacial score (nSPS) is 11.7. The van der Waals surface area contributed by atoms with Crippen molar-refractivity contribution in [1.82, 2.24) is 0 Å². The molecule has 0 aliphatic rings. The van der Waals surface area contributed by atoms with Crippen molar-refractivity contribution in [2.45, 2.75) is 175 Å². The highest BCUT2D eigenvalue weighted by molar-refractivity contribution is 5.68. The lowest BCUT2D eigenvalue weighted by molar-refractivity contribution is -0.320. The standard InChI is InChI=1S/C28H56O3/c1-5-6-7-8-9-10-11-12-13-14-15-16-17-18-19-20-21-22-23-24-25-26-27(29)30-31-28(2,3)4/h5-26H2,1-4H3. The molecule has 31 heavy (non-hydrogen) atoms. The zero-order valence-electron chi connectivity index (χ0n) is 21.8. The fourth-order valence-corrected chi connectivity index (χ4v) is 3.91. The average molecular weight is 441 g/mol. The van der Waals surface area contributed by atoms with Gasteiger partial charge in [0, 0.05) is 6.42 Å². The molecule has 0 unspecified atom stereocenters. The molecule has 0 aliphatic heterocycles. The summed E-state index contributed by atoms with van der Waals surface area (Å²) < 4.78 is 0. The van der Waals surface area contributed by atoms with Crippen LogP contribution in [0.15, 0.2) is 0 Å². The van der Waals surface area contributed by atoms with E-state index in [9.17, 15) is 4.79 Å².